The minimum Gasteiger partial charge on any atom is -0.611 e. The maximum atomic E-state index is 12.3. The second-order valence-corrected chi connectivity index (χ2v) is 8.66. The van der Waals surface area contributed by atoms with Gasteiger partial charge in [0.1, 0.15) is 17.1 Å². The molecule has 1 heterocycles. The van der Waals surface area contributed by atoms with Crippen LogP contribution in [-0.2, 0) is 17.6 Å². The average molecular weight is 437 g/mol. The predicted molar refractivity (Wildman–Crippen MR) is 112 cm³/mol. The maximum absolute atomic E-state index is 12.3. The number of phenolic OH excluding ortho intramolecular Hbond substituents is 1. The summed E-state index contributed by atoms with van der Waals surface area (Å²) < 4.78 is 12.3. The number of anilines is 4. The van der Waals surface area contributed by atoms with E-state index in [0.29, 0.717) is 21.4 Å². The fourth-order valence-corrected chi connectivity index (χ4v) is 4.91. The van der Waals surface area contributed by atoms with E-state index in [1.54, 1.807) is 30.3 Å². The minimum absolute atomic E-state index is 0.00196. The molecule has 1 aliphatic heterocycles. The number of hydrogen-bond acceptors (Lipinski definition) is 6. The summed E-state index contributed by atoms with van der Waals surface area (Å²) >= 11 is 10.8. The van der Waals surface area contributed by atoms with Crippen LogP contribution in [0.1, 0.15) is 12.0 Å². The van der Waals surface area contributed by atoms with Gasteiger partial charge in [0.15, 0.2) is 10.6 Å². The van der Waals surface area contributed by atoms with Crippen LogP contribution in [0.15, 0.2) is 44.8 Å². The van der Waals surface area contributed by atoms with Crippen molar-refractivity contribution in [3.8, 4) is 5.75 Å². The summed E-state index contributed by atoms with van der Waals surface area (Å²) in [5, 5.41) is 16.7. The molecule has 0 amide bonds. The van der Waals surface area contributed by atoms with E-state index >= 15 is 0 Å². The fraction of sp³-hybridized carbons (Fsp3) is 0.158. The Morgan fingerprint density at radius 1 is 1.00 bits per heavy atom. The Morgan fingerprint density at radius 2 is 1.68 bits per heavy atom. The van der Waals surface area contributed by atoms with Gasteiger partial charge in [-0.3, -0.25) is 9.59 Å². The van der Waals surface area contributed by atoms with Crippen molar-refractivity contribution in [3.05, 3.63) is 66.4 Å². The van der Waals surface area contributed by atoms with Gasteiger partial charge in [-0.05, 0) is 42.2 Å². The Kier molecular flexibility index (Phi) is 5.01. The zero-order chi connectivity index (χ0) is 20.0. The van der Waals surface area contributed by atoms with Crippen LogP contribution in [0, 0.1) is 0 Å². The lowest BCUT2D eigenvalue weighted by Crippen LogP contribution is -2.35. The molecule has 1 unspecified atom stereocenters. The number of nitrogens with one attached hydrogen (secondary N) is 2. The highest BCUT2D eigenvalue weighted by Gasteiger charge is 2.29. The van der Waals surface area contributed by atoms with E-state index in [4.69, 9.17) is 23.2 Å². The number of benzene rings is 2. The highest BCUT2D eigenvalue weighted by atomic mass is 35.5. The number of halogens is 2. The average Bonchev–Trinajstić information content (AvgIpc) is 2.69. The highest BCUT2D eigenvalue weighted by Crippen LogP contribution is 2.40. The molecule has 0 saturated heterocycles. The van der Waals surface area contributed by atoms with Crippen LogP contribution in [0.2, 0.25) is 10.0 Å². The van der Waals surface area contributed by atoms with E-state index in [9.17, 15) is 19.2 Å². The molecule has 0 bridgehead atoms. The van der Waals surface area contributed by atoms with Crippen LogP contribution in [0.5, 0.6) is 5.75 Å². The molecule has 0 aromatic heterocycles. The first-order valence-corrected chi connectivity index (χ1v) is 10.5. The molecule has 1 aliphatic rings. The quantitative estimate of drug-likeness (QED) is 0.326. The fourth-order valence-electron chi connectivity index (χ4n) is 3.16. The third-order valence-electron chi connectivity index (χ3n) is 4.60. The van der Waals surface area contributed by atoms with Gasteiger partial charge < -0.3 is 20.3 Å². The lowest BCUT2D eigenvalue weighted by Gasteiger charge is -2.22. The van der Waals surface area contributed by atoms with Gasteiger partial charge in [-0.1, -0.05) is 35.3 Å². The minimum atomic E-state index is -1.30. The van der Waals surface area contributed by atoms with Crippen molar-refractivity contribution in [3.63, 3.8) is 0 Å². The van der Waals surface area contributed by atoms with Crippen molar-refractivity contribution < 1.29 is 9.66 Å². The number of aryl methyl sites for hydroxylation is 1. The van der Waals surface area contributed by atoms with Crippen LogP contribution in [0.4, 0.5) is 22.7 Å². The lowest BCUT2D eigenvalue weighted by atomic mass is 10.1. The monoisotopic (exact) mass is 436 g/mol. The smallest absolute Gasteiger partial charge is 0.253 e. The first-order chi connectivity index (χ1) is 13.4. The molecule has 9 heteroatoms. The van der Waals surface area contributed by atoms with Crippen LogP contribution < -0.4 is 21.5 Å². The molecule has 1 atom stereocenters. The van der Waals surface area contributed by atoms with E-state index in [-0.39, 0.29) is 27.8 Å². The van der Waals surface area contributed by atoms with Crippen molar-refractivity contribution >= 4 is 57.1 Å². The van der Waals surface area contributed by atoms with E-state index in [2.05, 4.69) is 10.6 Å². The second kappa shape index (κ2) is 7.33. The summed E-state index contributed by atoms with van der Waals surface area (Å²) in [6, 6.07) is 8.24. The normalized spacial score (nSPS) is 16.0. The van der Waals surface area contributed by atoms with E-state index in [1.807, 2.05) is 0 Å². The van der Waals surface area contributed by atoms with Gasteiger partial charge >= 0.3 is 0 Å². The van der Waals surface area contributed by atoms with Gasteiger partial charge in [0.05, 0.1) is 21.4 Å². The SMILES string of the molecule is O=c1c(Nc2ccc3c(c2O)[S+]([O-])CCC3)c(Nc2cccc(Cl)c2Cl)c1=O. The summed E-state index contributed by atoms with van der Waals surface area (Å²) in [6.07, 6.45) is 1.52. The number of fused-ring (bicyclic) bond motifs is 1. The van der Waals surface area contributed by atoms with E-state index < -0.39 is 22.0 Å². The molecule has 3 aromatic rings. The van der Waals surface area contributed by atoms with Gasteiger partial charge in [0.2, 0.25) is 0 Å². The molecule has 3 N–H and O–H groups in total. The van der Waals surface area contributed by atoms with Crippen molar-refractivity contribution in [2.75, 3.05) is 16.4 Å². The summed E-state index contributed by atoms with van der Waals surface area (Å²) in [4.78, 5) is 24.5. The molecular weight excluding hydrogens is 423 g/mol. The Morgan fingerprint density at radius 3 is 2.39 bits per heavy atom. The maximum Gasteiger partial charge on any atom is 0.253 e. The zero-order valence-electron chi connectivity index (χ0n) is 14.3. The van der Waals surface area contributed by atoms with Crippen molar-refractivity contribution in [2.24, 2.45) is 0 Å². The third-order valence-corrected chi connectivity index (χ3v) is 6.99. The zero-order valence-corrected chi connectivity index (χ0v) is 16.7. The number of phenols is 1. The molecule has 0 spiro atoms. The van der Waals surface area contributed by atoms with Gasteiger partial charge in [0, 0.05) is 5.56 Å². The van der Waals surface area contributed by atoms with Crippen LogP contribution in [0.25, 0.3) is 0 Å². The van der Waals surface area contributed by atoms with Gasteiger partial charge in [0.25, 0.3) is 10.9 Å². The summed E-state index contributed by atoms with van der Waals surface area (Å²) in [7, 11) is 0. The molecule has 4 rings (SSSR count). The van der Waals surface area contributed by atoms with Crippen LogP contribution in [0.3, 0.4) is 0 Å². The molecule has 0 fully saturated rings. The van der Waals surface area contributed by atoms with Crippen LogP contribution in [-0.4, -0.2) is 15.4 Å². The largest absolute Gasteiger partial charge is 0.611 e. The molecular formula is C19H14Cl2N2O4S. The van der Waals surface area contributed by atoms with Crippen LogP contribution >= 0.6 is 23.2 Å². The van der Waals surface area contributed by atoms with Gasteiger partial charge in [-0.2, -0.15) is 0 Å². The summed E-state index contributed by atoms with van der Waals surface area (Å²) in [5.74, 6) is 0.305. The Labute approximate surface area is 173 Å². The first-order valence-electron chi connectivity index (χ1n) is 8.43. The molecule has 3 aromatic carbocycles. The number of aromatic hydroxyl groups is 1. The molecule has 0 aliphatic carbocycles. The number of rotatable bonds is 4. The first kappa shape index (κ1) is 19.1. The summed E-state index contributed by atoms with van der Waals surface area (Å²) in [6.45, 7) is 0. The van der Waals surface area contributed by atoms with Crippen molar-refractivity contribution in [1.82, 2.24) is 0 Å². The molecule has 0 saturated carbocycles. The Hall–Kier alpha value is -2.19. The Balaban J connectivity index is 1.68. The van der Waals surface area contributed by atoms with E-state index in [1.165, 1.54) is 0 Å². The molecule has 0 radical (unpaired) electrons. The second-order valence-electron chi connectivity index (χ2n) is 6.36. The Bertz CT molecular complexity index is 1160. The summed E-state index contributed by atoms with van der Waals surface area (Å²) in [5.41, 5.74) is -0.00753. The van der Waals surface area contributed by atoms with E-state index in [0.717, 1.165) is 18.4 Å². The van der Waals surface area contributed by atoms with Gasteiger partial charge in [-0.15, -0.1) is 0 Å². The van der Waals surface area contributed by atoms with Gasteiger partial charge in [-0.25, -0.2) is 0 Å². The standard InChI is InChI=1S/C19H14Cl2N2O4S/c20-10-4-1-5-11(13(10)21)22-14-15(18(26)17(14)25)23-12-7-6-9-3-2-8-28(27)19(9)16(12)24/h1,4-7,22-24H,2-3,8H2. The van der Waals surface area contributed by atoms with Crippen molar-refractivity contribution in [1.29, 1.82) is 0 Å². The number of hydrogen-bond donors (Lipinski definition) is 3. The van der Waals surface area contributed by atoms with Crippen molar-refractivity contribution in [2.45, 2.75) is 17.7 Å². The molecule has 28 heavy (non-hydrogen) atoms. The topological polar surface area (TPSA) is 101 Å². The molecule has 144 valence electrons. The molecule has 6 nitrogen and oxygen atoms in total. The third kappa shape index (κ3) is 3.14. The predicted octanol–water partition coefficient (Wildman–Crippen LogP) is 3.84. The highest BCUT2D eigenvalue weighted by molar-refractivity contribution is 7.91. The lowest BCUT2D eigenvalue weighted by molar-refractivity contribution is 0.457.